The van der Waals surface area contributed by atoms with E-state index in [2.05, 4.69) is 5.32 Å². The maximum absolute atomic E-state index is 13.7. The van der Waals surface area contributed by atoms with Gasteiger partial charge in [-0.1, -0.05) is 11.6 Å². The van der Waals surface area contributed by atoms with Gasteiger partial charge in [-0.05, 0) is 55.5 Å². The molecule has 176 valence electrons. The lowest BCUT2D eigenvalue weighted by atomic mass is 10.1. The second-order valence-corrected chi connectivity index (χ2v) is 9.12. The van der Waals surface area contributed by atoms with E-state index in [0.717, 1.165) is 6.07 Å². The average Bonchev–Trinajstić information content (AvgIpc) is 3.03. The van der Waals surface area contributed by atoms with Gasteiger partial charge in [-0.2, -0.15) is 13.2 Å². The molecule has 0 fully saturated rings. The summed E-state index contributed by atoms with van der Waals surface area (Å²) in [6.45, 7) is 1.13. The predicted molar refractivity (Wildman–Crippen MR) is 117 cm³/mol. The van der Waals surface area contributed by atoms with E-state index < -0.39 is 27.7 Å². The summed E-state index contributed by atoms with van der Waals surface area (Å²) in [5.74, 6) is -0.628. The number of nitrogens with two attached hydrogens (primary N) is 1. The molecular weight excluding hydrogens is 483 g/mol. The Balaban J connectivity index is 2.05. The summed E-state index contributed by atoms with van der Waals surface area (Å²) in [7, 11) is -3.91. The van der Waals surface area contributed by atoms with Gasteiger partial charge in [0.05, 0.1) is 21.7 Å². The van der Waals surface area contributed by atoms with Crippen LogP contribution in [0.3, 0.4) is 0 Å². The molecule has 2 aromatic carbocycles. The van der Waals surface area contributed by atoms with Gasteiger partial charge in [-0.25, -0.2) is 13.6 Å². The molecule has 4 N–H and O–H groups in total. The van der Waals surface area contributed by atoms with Crippen molar-refractivity contribution in [3.63, 3.8) is 0 Å². The molecule has 0 bridgehead atoms. The first-order valence-electron chi connectivity index (χ1n) is 9.46. The van der Waals surface area contributed by atoms with Crippen molar-refractivity contribution in [3.05, 3.63) is 76.1 Å². The molecule has 1 amide bonds. The number of nitrogens with one attached hydrogen (secondary N) is 1. The number of carbonyl (C=O) groups is 1. The Bertz CT molecular complexity index is 1300. The Morgan fingerprint density at radius 1 is 1.15 bits per heavy atom. The maximum atomic E-state index is 13.7. The van der Waals surface area contributed by atoms with Crippen molar-refractivity contribution < 1.29 is 31.5 Å². The molecule has 0 saturated carbocycles. The number of aromatic nitrogens is 1. The van der Waals surface area contributed by atoms with E-state index in [-0.39, 0.29) is 51.3 Å². The maximum Gasteiger partial charge on any atom is 0.418 e. The quantitative estimate of drug-likeness (QED) is 0.475. The standard InChI is InChI=1S/C21H19ClF3N3O4S/c1-12-17(20(30)27-14-3-5-16(6-4-14)33(26,31)32)11-15(8-9-29)28(12)19-7-2-13(22)10-18(19)21(23,24)25/h2-7,10-11,29H,8-9H2,1H3,(H,27,30)(H2,26,31,32). The number of hydrogen-bond donors (Lipinski definition) is 3. The molecule has 1 heterocycles. The lowest BCUT2D eigenvalue weighted by Crippen LogP contribution is -2.16. The second-order valence-electron chi connectivity index (χ2n) is 7.13. The van der Waals surface area contributed by atoms with Crippen LogP contribution in [0.4, 0.5) is 18.9 Å². The van der Waals surface area contributed by atoms with Crippen LogP contribution in [0.5, 0.6) is 0 Å². The number of halogens is 4. The van der Waals surface area contributed by atoms with Crippen molar-refractivity contribution >= 4 is 33.2 Å². The molecule has 0 saturated heterocycles. The van der Waals surface area contributed by atoms with Crippen LogP contribution >= 0.6 is 11.6 Å². The lowest BCUT2D eigenvalue weighted by Gasteiger charge is -2.18. The Morgan fingerprint density at radius 3 is 2.33 bits per heavy atom. The third-order valence-electron chi connectivity index (χ3n) is 4.88. The molecule has 0 aliphatic heterocycles. The first kappa shape index (κ1) is 24.8. The van der Waals surface area contributed by atoms with Crippen molar-refractivity contribution in [3.8, 4) is 5.69 Å². The van der Waals surface area contributed by atoms with Crippen molar-refractivity contribution in [1.82, 2.24) is 4.57 Å². The number of sulfonamides is 1. The molecule has 3 rings (SSSR count). The summed E-state index contributed by atoms with van der Waals surface area (Å²) >= 11 is 5.78. The van der Waals surface area contributed by atoms with Gasteiger partial charge in [-0.3, -0.25) is 4.79 Å². The highest BCUT2D eigenvalue weighted by Gasteiger charge is 2.35. The van der Waals surface area contributed by atoms with Crippen LogP contribution in [0.1, 0.15) is 27.3 Å². The van der Waals surface area contributed by atoms with Crippen molar-refractivity contribution in [2.75, 3.05) is 11.9 Å². The number of anilines is 1. The van der Waals surface area contributed by atoms with Crippen LogP contribution in [-0.2, 0) is 22.6 Å². The zero-order valence-corrected chi connectivity index (χ0v) is 18.7. The Labute approximate surface area is 192 Å². The molecular formula is C21H19ClF3N3O4S. The SMILES string of the molecule is Cc1c(C(=O)Nc2ccc(S(N)(=O)=O)cc2)cc(CCO)n1-c1ccc(Cl)cc1C(F)(F)F. The third-order valence-corrected chi connectivity index (χ3v) is 6.05. The van der Waals surface area contributed by atoms with Crippen LogP contribution in [0.25, 0.3) is 5.69 Å². The molecule has 0 aliphatic carbocycles. The summed E-state index contributed by atoms with van der Waals surface area (Å²) in [4.78, 5) is 12.7. The number of hydrogen-bond acceptors (Lipinski definition) is 4. The molecule has 0 radical (unpaired) electrons. The van der Waals surface area contributed by atoms with Crippen LogP contribution in [0, 0.1) is 6.92 Å². The smallest absolute Gasteiger partial charge is 0.396 e. The molecule has 0 atom stereocenters. The van der Waals surface area contributed by atoms with Gasteiger partial charge in [0.25, 0.3) is 5.91 Å². The van der Waals surface area contributed by atoms with Gasteiger partial charge >= 0.3 is 6.18 Å². The van der Waals surface area contributed by atoms with Crippen LogP contribution in [-0.4, -0.2) is 30.6 Å². The largest absolute Gasteiger partial charge is 0.418 e. The molecule has 3 aromatic rings. The summed E-state index contributed by atoms with van der Waals surface area (Å²) < 4.78 is 65.0. The number of primary sulfonamides is 1. The minimum atomic E-state index is -4.71. The van der Waals surface area contributed by atoms with E-state index in [4.69, 9.17) is 16.7 Å². The topological polar surface area (TPSA) is 114 Å². The molecule has 0 aliphatic rings. The van der Waals surface area contributed by atoms with Crippen molar-refractivity contribution in [1.29, 1.82) is 0 Å². The molecule has 0 spiro atoms. The van der Waals surface area contributed by atoms with Crippen LogP contribution < -0.4 is 10.5 Å². The number of rotatable bonds is 6. The van der Waals surface area contributed by atoms with E-state index >= 15 is 0 Å². The zero-order valence-electron chi connectivity index (χ0n) is 17.1. The number of nitrogens with zero attached hydrogens (tertiary/aromatic N) is 1. The first-order valence-corrected chi connectivity index (χ1v) is 11.4. The summed E-state index contributed by atoms with van der Waals surface area (Å²) in [6.07, 6.45) is -4.71. The van der Waals surface area contributed by atoms with Gasteiger partial charge in [0.2, 0.25) is 10.0 Å². The molecule has 7 nitrogen and oxygen atoms in total. The molecule has 12 heteroatoms. The Morgan fingerprint density at radius 2 is 1.79 bits per heavy atom. The molecule has 33 heavy (non-hydrogen) atoms. The Kier molecular flexibility index (Phi) is 6.89. The minimum Gasteiger partial charge on any atom is -0.396 e. The Hall–Kier alpha value is -2.86. The number of alkyl halides is 3. The molecule has 0 unspecified atom stereocenters. The van der Waals surface area contributed by atoms with E-state index in [1.807, 2.05) is 0 Å². The normalized spacial score (nSPS) is 12.1. The van der Waals surface area contributed by atoms with Gasteiger partial charge in [0.15, 0.2) is 0 Å². The fourth-order valence-corrected chi connectivity index (χ4v) is 4.08. The predicted octanol–water partition coefficient (Wildman–Crippen LogP) is 3.89. The number of aliphatic hydroxyl groups excluding tert-OH is 1. The number of aliphatic hydroxyl groups is 1. The number of benzene rings is 2. The third kappa shape index (κ3) is 5.38. The van der Waals surface area contributed by atoms with Gasteiger partial charge in [0, 0.05) is 35.1 Å². The number of amides is 1. The minimum absolute atomic E-state index is 0.00288. The fraction of sp³-hybridized carbons (Fsp3) is 0.190. The highest BCUT2D eigenvalue weighted by Crippen LogP contribution is 2.37. The lowest BCUT2D eigenvalue weighted by molar-refractivity contribution is -0.137. The summed E-state index contributed by atoms with van der Waals surface area (Å²) in [6, 6.07) is 9.79. The fourth-order valence-electron chi connectivity index (χ4n) is 3.39. The van der Waals surface area contributed by atoms with Gasteiger partial charge < -0.3 is 15.0 Å². The number of carbonyl (C=O) groups excluding carboxylic acids is 1. The highest BCUT2D eigenvalue weighted by molar-refractivity contribution is 7.89. The second kappa shape index (κ2) is 9.18. The first-order chi connectivity index (χ1) is 15.3. The van der Waals surface area contributed by atoms with E-state index in [0.29, 0.717) is 0 Å². The highest BCUT2D eigenvalue weighted by atomic mass is 35.5. The van der Waals surface area contributed by atoms with Crippen molar-refractivity contribution in [2.45, 2.75) is 24.4 Å². The van der Waals surface area contributed by atoms with Gasteiger partial charge in [-0.15, -0.1) is 0 Å². The summed E-state index contributed by atoms with van der Waals surface area (Å²) in [5, 5.41) is 16.9. The average molecular weight is 502 g/mol. The van der Waals surface area contributed by atoms with Crippen LogP contribution in [0.2, 0.25) is 5.02 Å². The summed E-state index contributed by atoms with van der Waals surface area (Å²) in [5.41, 5.74) is -0.381. The zero-order chi connectivity index (χ0) is 24.6. The monoisotopic (exact) mass is 501 g/mol. The molecule has 1 aromatic heterocycles. The van der Waals surface area contributed by atoms with E-state index in [1.54, 1.807) is 0 Å². The van der Waals surface area contributed by atoms with E-state index in [9.17, 15) is 31.5 Å². The van der Waals surface area contributed by atoms with Gasteiger partial charge in [0.1, 0.15) is 0 Å². The van der Waals surface area contributed by atoms with Crippen LogP contribution in [0.15, 0.2) is 53.4 Å². The van der Waals surface area contributed by atoms with Crippen molar-refractivity contribution in [2.24, 2.45) is 5.14 Å². The van der Waals surface area contributed by atoms with E-state index in [1.165, 1.54) is 54.0 Å².